The Morgan fingerprint density at radius 3 is 2.34 bits per heavy atom. The van der Waals surface area contributed by atoms with Gasteiger partial charge in [-0.05, 0) is 51.7 Å². The molecule has 5 rings (SSSR count). The molecule has 2 amide bonds. The van der Waals surface area contributed by atoms with Gasteiger partial charge in [0.1, 0.15) is 0 Å². The van der Waals surface area contributed by atoms with E-state index in [4.69, 9.17) is 4.74 Å². The van der Waals surface area contributed by atoms with Gasteiger partial charge in [-0.3, -0.25) is 0 Å². The van der Waals surface area contributed by atoms with Crippen LogP contribution in [-0.4, -0.2) is 18.6 Å². The first kappa shape index (κ1) is 17.5. The molecule has 5 heteroatoms. The van der Waals surface area contributed by atoms with Crippen LogP contribution in [0.2, 0.25) is 0 Å². The van der Waals surface area contributed by atoms with Crippen LogP contribution in [0.3, 0.4) is 0 Å². The van der Waals surface area contributed by atoms with E-state index in [1.54, 1.807) is 13.8 Å². The zero-order valence-corrected chi connectivity index (χ0v) is 16.2. The highest BCUT2D eigenvalue weighted by Gasteiger charge is 2.33. The largest absolute Gasteiger partial charge is 0.463 e. The summed E-state index contributed by atoms with van der Waals surface area (Å²) in [6.07, 6.45) is 0. The van der Waals surface area contributed by atoms with Gasteiger partial charge in [-0.1, -0.05) is 54.6 Å². The molecule has 0 saturated heterocycles. The Labute approximate surface area is 167 Å². The zero-order chi connectivity index (χ0) is 20.1. The van der Waals surface area contributed by atoms with Gasteiger partial charge in [0.05, 0.1) is 18.2 Å². The summed E-state index contributed by atoms with van der Waals surface area (Å²) in [6.45, 7) is 3.77. The maximum absolute atomic E-state index is 12.7. The molecule has 0 radical (unpaired) electrons. The number of hydrogen-bond acceptors (Lipinski definition) is 3. The Balaban J connectivity index is 1.80. The van der Waals surface area contributed by atoms with Crippen molar-refractivity contribution in [2.45, 2.75) is 19.9 Å². The fraction of sp³-hybridized carbons (Fsp3) is 0.167. The van der Waals surface area contributed by atoms with Crippen molar-refractivity contribution < 1.29 is 14.3 Å². The van der Waals surface area contributed by atoms with Gasteiger partial charge in [-0.25, -0.2) is 9.59 Å². The average molecular weight is 384 g/mol. The van der Waals surface area contributed by atoms with E-state index in [9.17, 15) is 9.59 Å². The van der Waals surface area contributed by atoms with Gasteiger partial charge in [-0.15, -0.1) is 0 Å². The highest BCUT2D eigenvalue weighted by Crippen LogP contribution is 2.39. The molecule has 0 bridgehead atoms. The summed E-state index contributed by atoms with van der Waals surface area (Å²) >= 11 is 0. The van der Waals surface area contributed by atoms with Gasteiger partial charge in [0, 0.05) is 5.70 Å². The molecule has 0 aromatic heterocycles. The number of esters is 1. The summed E-state index contributed by atoms with van der Waals surface area (Å²) in [4.78, 5) is 24.9. The van der Waals surface area contributed by atoms with E-state index in [0.717, 1.165) is 21.7 Å². The van der Waals surface area contributed by atoms with Gasteiger partial charge in [0.2, 0.25) is 0 Å². The number of benzene rings is 4. The molecule has 29 heavy (non-hydrogen) atoms. The normalized spacial score (nSPS) is 17.0. The van der Waals surface area contributed by atoms with Crippen molar-refractivity contribution in [3.63, 3.8) is 0 Å². The number of carbonyl (C=O) groups excluding carboxylic acids is 2. The Morgan fingerprint density at radius 2 is 1.62 bits per heavy atom. The third kappa shape index (κ3) is 2.62. The number of rotatable bonds is 3. The lowest BCUT2D eigenvalue weighted by atomic mass is 9.87. The van der Waals surface area contributed by atoms with E-state index in [0.29, 0.717) is 11.3 Å². The first-order chi connectivity index (χ1) is 14.1. The van der Waals surface area contributed by atoms with Gasteiger partial charge >= 0.3 is 12.0 Å². The molecule has 1 atom stereocenters. The predicted octanol–water partition coefficient (Wildman–Crippen LogP) is 4.78. The average Bonchev–Trinajstić information content (AvgIpc) is 2.71. The summed E-state index contributed by atoms with van der Waals surface area (Å²) in [7, 11) is 0. The molecule has 0 spiro atoms. The lowest BCUT2D eigenvalue weighted by molar-refractivity contribution is -0.139. The SMILES string of the molecule is CCOC(=O)C1=C(C)NC(=O)NC1c1ccc2ccc3cccc4ccc1c2c34. The minimum Gasteiger partial charge on any atom is -0.463 e. The Hall–Kier alpha value is -3.60. The van der Waals surface area contributed by atoms with Gasteiger partial charge in [-0.2, -0.15) is 0 Å². The molecule has 1 unspecified atom stereocenters. The van der Waals surface area contributed by atoms with Crippen LogP contribution in [0.25, 0.3) is 32.3 Å². The van der Waals surface area contributed by atoms with E-state index in [-0.39, 0.29) is 12.6 Å². The minimum absolute atomic E-state index is 0.273. The van der Waals surface area contributed by atoms with Crippen molar-refractivity contribution in [2.24, 2.45) is 0 Å². The third-order valence-corrected chi connectivity index (χ3v) is 5.64. The van der Waals surface area contributed by atoms with Gasteiger partial charge < -0.3 is 15.4 Å². The lowest BCUT2D eigenvalue weighted by Crippen LogP contribution is -2.45. The number of allylic oxidation sites excluding steroid dienone is 1. The van der Waals surface area contributed by atoms with Crippen molar-refractivity contribution in [2.75, 3.05) is 6.61 Å². The summed E-state index contributed by atoms with van der Waals surface area (Å²) in [5.41, 5.74) is 1.83. The number of carbonyl (C=O) groups is 2. The highest BCUT2D eigenvalue weighted by molar-refractivity contribution is 6.23. The van der Waals surface area contributed by atoms with E-state index >= 15 is 0 Å². The van der Waals surface area contributed by atoms with Crippen LogP contribution in [0, 0.1) is 0 Å². The lowest BCUT2D eigenvalue weighted by Gasteiger charge is -2.29. The standard InChI is InChI=1S/C24H20N2O3/c1-3-29-23(27)19-13(2)25-24(28)26-22(19)18-12-10-16-8-7-14-5-4-6-15-9-11-17(18)21(16)20(14)15/h4-12,22H,3H2,1-2H3,(H2,25,26,28). The van der Waals surface area contributed by atoms with Crippen molar-refractivity contribution in [1.29, 1.82) is 0 Å². The summed E-state index contributed by atoms with van der Waals surface area (Å²) in [5, 5.41) is 12.5. The van der Waals surface area contributed by atoms with Crippen LogP contribution in [-0.2, 0) is 9.53 Å². The molecular weight excluding hydrogens is 364 g/mol. The number of urea groups is 1. The molecule has 1 heterocycles. The van der Waals surface area contributed by atoms with Crippen molar-refractivity contribution in [3.05, 3.63) is 71.4 Å². The molecule has 144 valence electrons. The molecule has 4 aromatic carbocycles. The van der Waals surface area contributed by atoms with Crippen LogP contribution in [0.5, 0.6) is 0 Å². The van der Waals surface area contributed by atoms with Crippen LogP contribution >= 0.6 is 0 Å². The number of nitrogens with one attached hydrogen (secondary N) is 2. The second-order valence-electron chi connectivity index (χ2n) is 7.30. The Kier molecular flexibility index (Phi) is 3.91. The van der Waals surface area contributed by atoms with Crippen LogP contribution in [0.1, 0.15) is 25.5 Å². The molecule has 0 saturated carbocycles. The minimum atomic E-state index is -0.577. The molecule has 0 aliphatic carbocycles. The molecular formula is C24H20N2O3. The number of amides is 2. The quantitative estimate of drug-likeness (QED) is 0.395. The summed E-state index contributed by atoms with van der Waals surface area (Å²) in [5.74, 6) is -0.423. The van der Waals surface area contributed by atoms with E-state index in [2.05, 4.69) is 59.2 Å². The summed E-state index contributed by atoms with van der Waals surface area (Å²) < 4.78 is 5.28. The first-order valence-electron chi connectivity index (χ1n) is 9.70. The monoisotopic (exact) mass is 384 g/mol. The van der Waals surface area contributed by atoms with Crippen molar-refractivity contribution in [3.8, 4) is 0 Å². The number of hydrogen-bond donors (Lipinski definition) is 2. The van der Waals surface area contributed by atoms with E-state index in [1.807, 2.05) is 6.07 Å². The van der Waals surface area contributed by atoms with Crippen LogP contribution in [0.15, 0.2) is 65.9 Å². The molecule has 0 fully saturated rings. The molecule has 4 aromatic rings. The maximum Gasteiger partial charge on any atom is 0.338 e. The van der Waals surface area contributed by atoms with Gasteiger partial charge in [0.25, 0.3) is 0 Å². The molecule has 1 aliphatic rings. The first-order valence-corrected chi connectivity index (χ1v) is 9.70. The van der Waals surface area contributed by atoms with E-state index in [1.165, 1.54) is 16.2 Å². The molecule has 2 N–H and O–H groups in total. The van der Waals surface area contributed by atoms with Crippen LogP contribution < -0.4 is 10.6 Å². The zero-order valence-electron chi connectivity index (χ0n) is 16.2. The molecule has 1 aliphatic heterocycles. The smallest absolute Gasteiger partial charge is 0.338 e. The maximum atomic E-state index is 12.7. The fourth-order valence-corrected chi connectivity index (χ4v) is 4.42. The number of ether oxygens (including phenoxy) is 1. The molecule has 5 nitrogen and oxygen atoms in total. The second-order valence-corrected chi connectivity index (χ2v) is 7.30. The highest BCUT2D eigenvalue weighted by atomic mass is 16.5. The van der Waals surface area contributed by atoms with E-state index < -0.39 is 12.0 Å². The Morgan fingerprint density at radius 1 is 0.966 bits per heavy atom. The Bertz CT molecular complexity index is 1310. The van der Waals surface area contributed by atoms with Gasteiger partial charge in [0.15, 0.2) is 0 Å². The third-order valence-electron chi connectivity index (χ3n) is 5.64. The van der Waals surface area contributed by atoms with Crippen LogP contribution in [0.4, 0.5) is 4.79 Å². The fourth-order valence-electron chi connectivity index (χ4n) is 4.42. The second kappa shape index (κ2) is 6.48. The van der Waals surface area contributed by atoms with Crippen molar-refractivity contribution in [1.82, 2.24) is 10.6 Å². The topological polar surface area (TPSA) is 67.4 Å². The predicted molar refractivity (Wildman–Crippen MR) is 114 cm³/mol. The summed E-state index contributed by atoms with van der Waals surface area (Å²) in [6, 6.07) is 17.8. The van der Waals surface area contributed by atoms with Crippen molar-refractivity contribution >= 4 is 44.3 Å².